The zero-order chi connectivity index (χ0) is 22.0. The van der Waals surface area contributed by atoms with Crippen molar-refractivity contribution in [1.82, 2.24) is 9.99 Å². The normalized spacial score (nSPS) is 12.6. The molecular weight excluding hydrogens is 403 g/mol. The summed E-state index contributed by atoms with van der Waals surface area (Å²) < 4.78 is 8.42. The largest absolute Gasteiger partial charge is 0.352 e. The zero-order valence-electron chi connectivity index (χ0n) is 18.9. The van der Waals surface area contributed by atoms with Crippen LogP contribution in [0, 0.1) is 0 Å². The molecule has 0 aliphatic heterocycles. The SMILES string of the molecule is CCc1cc(CSC(C)=O)cc(C(=O)NCCCOP(C)N(C(C)C)C(C)C)c1. The second kappa shape index (κ2) is 13.4. The van der Waals surface area contributed by atoms with E-state index in [9.17, 15) is 9.59 Å². The predicted molar refractivity (Wildman–Crippen MR) is 126 cm³/mol. The molecular formula is C22H37N2O3PS. The summed E-state index contributed by atoms with van der Waals surface area (Å²) in [7, 11) is -0.629. The second-order valence-corrected chi connectivity index (χ2v) is 10.4. The number of thioether (sulfide) groups is 1. The van der Waals surface area contributed by atoms with Crippen molar-refractivity contribution in [3.63, 3.8) is 0 Å². The van der Waals surface area contributed by atoms with Crippen LogP contribution in [0.2, 0.25) is 0 Å². The molecule has 1 N–H and O–H groups in total. The molecule has 29 heavy (non-hydrogen) atoms. The second-order valence-electron chi connectivity index (χ2n) is 7.65. The first-order chi connectivity index (χ1) is 13.6. The van der Waals surface area contributed by atoms with Gasteiger partial charge in [0.15, 0.2) is 5.12 Å². The van der Waals surface area contributed by atoms with Gasteiger partial charge in [-0.3, -0.25) is 14.3 Å². The van der Waals surface area contributed by atoms with Crippen molar-refractivity contribution in [2.45, 2.75) is 72.2 Å². The molecule has 0 saturated heterocycles. The number of carbonyl (C=O) groups excluding carboxylic acids is 2. The molecule has 1 unspecified atom stereocenters. The van der Waals surface area contributed by atoms with Crippen molar-refractivity contribution >= 4 is 31.1 Å². The number of rotatable bonds is 12. The number of carbonyl (C=O) groups is 2. The van der Waals surface area contributed by atoms with E-state index in [2.05, 4.69) is 57.3 Å². The Balaban J connectivity index is 2.52. The van der Waals surface area contributed by atoms with E-state index in [4.69, 9.17) is 4.52 Å². The molecule has 0 aliphatic carbocycles. The Morgan fingerprint density at radius 3 is 2.31 bits per heavy atom. The van der Waals surface area contributed by atoms with Crippen LogP contribution in [0.3, 0.4) is 0 Å². The molecule has 0 heterocycles. The fourth-order valence-electron chi connectivity index (χ4n) is 3.25. The van der Waals surface area contributed by atoms with Gasteiger partial charge in [0, 0.05) is 36.9 Å². The third-order valence-electron chi connectivity index (χ3n) is 4.43. The van der Waals surface area contributed by atoms with Crippen molar-refractivity contribution < 1.29 is 14.1 Å². The quantitative estimate of drug-likeness (QED) is 0.356. The molecule has 0 radical (unpaired) electrons. The molecule has 1 atom stereocenters. The van der Waals surface area contributed by atoms with Gasteiger partial charge in [-0.15, -0.1) is 0 Å². The van der Waals surface area contributed by atoms with Gasteiger partial charge in [0.25, 0.3) is 5.91 Å². The van der Waals surface area contributed by atoms with E-state index in [0.717, 1.165) is 24.0 Å². The van der Waals surface area contributed by atoms with Crippen molar-refractivity contribution in [2.24, 2.45) is 0 Å². The maximum Gasteiger partial charge on any atom is 0.251 e. The average molecular weight is 441 g/mol. The summed E-state index contributed by atoms with van der Waals surface area (Å²) in [6.45, 7) is 15.8. The van der Waals surface area contributed by atoms with Gasteiger partial charge in [-0.05, 0) is 70.5 Å². The van der Waals surface area contributed by atoms with Gasteiger partial charge in [-0.25, -0.2) is 0 Å². The summed E-state index contributed by atoms with van der Waals surface area (Å²) in [4.78, 5) is 23.8. The molecule has 0 fully saturated rings. The molecule has 1 amide bonds. The smallest absolute Gasteiger partial charge is 0.251 e. The van der Waals surface area contributed by atoms with Crippen LogP contribution in [0.4, 0.5) is 0 Å². The number of nitrogens with one attached hydrogen (secondary N) is 1. The van der Waals surface area contributed by atoms with Gasteiger partial charge in [0.05, 0.1) is 6.61 Å². The van der Waals surface area contributed by atoms with Crippen LogP contribution in [0.15, 0.2) is 18.2 Å². The number of hydrogen-bond acceptors (Lipinski definition) is 5. The maximum atomic E-state index is 12.6. The lowest BCUT2D eigenvalue weighted by atomic mass is 10.0. The lowest BCUT2D eigenvalue weighted by Crippen LogP contribution is -2.33. The fraction of sp³-hybridized carbons (Fsp3) is 0.636. The molecule has 1 rings (SSSR count). The zero-order valence-corrected chi connectivity index (χ0v) is 20.7. The van der Waals surface area contributed by atoms with Gasteiger partial charge < -0.3 is 9.84 Å². The Labute approximate surface area is 182 Å². The number of hydrogen-bond donors (Lipinski definition) is 1. The highest BCUT2D eigenvalue weighted by atomic mass is 32.2. The first-order valence-corrected chi connectivity index (χ1v) is 13.0. The Kier molecular flexibility index (Phi) is 12.0. The van der Waals surface area contributed by atoms with E-state index < -0.39 is 8.30 Å². The number of nitrogens with zero attached hydrogens (tertiary/aromatic N) is 1. The van der Waals surface area contributed by atoms with Crippen molar-refractivity contribution in [3.8, 4) is 0 Å². The monoisotopic (exact) mass is 440 g/mol. The molecule has 1 aromatic carbocycles. The molecule has 164 valence electrons. The highest BCUT2D eigenvalue weighted by Crippen LogP contribution is 2.40. The summed E-state index contributed by atoms with van der Waals surface area (Å²) in [6, 6.07) is 6.79. The highest BCUT2D eigenvalue weighted by Gasteiger charge is 2.20. The first kappa shape index (κ1) is 26.1. The van der Waals surface area contributed by atoms with Crippen LogP contribution in [-0.4, -0.2) is 47.6 Å². The van der Waals surface area contributed by atoms with Crippen LogP contribution in [0.25, 0.3) is 0 Å². The third-order valence-corrected chi connectivity index (χ3v) is 7.45. The molecule has 0 aliphatic rings. The lowest BCUT2D eigenvalue weighted by Gasteiger charge is -2.35. The molecule has 0 bridgehead atoms. The van der Waals surface area contributed by atoms with Crippen LogP contribution < -0.4 is 5.32 Å². The minimum Gasteiger partial charge on any atom is -0.352 e. The van der Waals surface area contributed by atoms with E-state index >= 15 is 0 Å². The van der Waals surface area contributed by atoms with Crippen molar-refractivity contribution in [3.05, 3.63) is 34.9 Å². The summed E-state index contributed by atoms with van der Waals surface area (Å²) in [6.07, 6.45) is 1.64. The molecule has 0 aromatic heterocycles. The first-order valence-electron chi connectivity index (χ1n) is 10.3. The van der Waals surface area contributed by atoms with Crippen molar-refractivity contribution in [2.75, 3.05) is 19.8 Å². The Bertz CT molecular complexity index is 659. The van der Waals surface area contributed by atoms with Gasteiger partial charge in [-0.2, -0.15) is 0 Å². The van der Waals surface area contributed by atoms with E-state index in [1.165, 1.54) is 11.8 Å². The molecule has 7 heteroatoms. The molecule has 5 nitrogen and oxygen atoms in total. The van der Waals surface area contributed by atoms with Gasteiger partial charge in [0.2, 0.25) is 0 Å². The van der Waals surface area contributed by atoms with E-state index in [1.54, 1.807) is 6.92 Å². The average Bonchev–Trinajstić information content (AvgIpc) is 2.64. The summed E-state index contributed by atoms with van der Waals surface area (Å²) in [5, 5.41) is 3.08. The molecule has 0 spiro atoms. The number of aryl methyl sites for hydroxylation is 1. The summed E-state index contributed by atoms with van der Waals surface area (Å²) in [5.74, 6) is 0.527. The lowest BCUT2D eigenvalue weighted by molar-refractivity contribution is -0.109. The van der Waals surface area contributed by atoms with E-state index in [0.29, 0.717) is 36.6 Å². The van der Waals surface area contributed by atoms with Gasteiger partial charge in [-0.1, -0.05) is 24.8 Å². The standard InChI is InChI=1S/C22H37N2O3PS/c1-8-19-12-20(15-29-18(6)25)14-21(13-19)22(26)23-10-9-11-27-28(7)24(16(2)3)17(4)5/h12-14,16-17H,8-11,15H2,1-7H3,(H,23,26). The van der Waals surface area contributed by atoms with Crippen LogP contribution in [0.5, 0.6) is 0 Å². The number of amides is 1. The van der Waals surface area contributed by atoms with Gasteiger partial charge >= 0.3 is 0 Å². The Morgan fingerprint density at radius 2 is 1.76 bits per heavy atom. The fourth-order valence-corrected chi connectivity index (χ4v) is 5.62. The topological polar surface area (TPSA) is 58.6 Å². The van der Waals surface area contributed by atoms with Crippen molar-refractivity contribution in [1.29, 1.82) is 0 Å². The predicted octanol–water partition coefficient (Wildman–Crippen LogP) is 5.23. The summed E-state index contributed by atoms with van der Waals surface area (Å²) >= 11 is 1.27. The number of benzene rings is 1. The third kappa shape index (κ3) is 9.61. The maximum absolute atomic E-state index is 12.6. The van der Waals surface area contributed by atoms with Gasteiger partial charge in [0.1, 0.15) is 8.30 Å². The Morgan fingerprint density at radius 1 is 1.14 bits per heavy atom. The van der Waals surface area contributed by atoms with Crippen LogP contribution in [-0.2, 0) is 21.5 Å². The minimum absolute atomic E-state index is 0.0703. The molecule has 0 saturated carbocycles. The van der Waals surface area contributed by atoms with E-state index in [1.807, 2.05) is 12.1 Å². The molecule has 1 aromatic rings. The van der Waals surface area contributed by atoms with E-state index in [-0.39, 0.29) is 11.0 Å². The Hall–Kier alpha value is -0.940. The summed E-state index contributed by atoms with van der Waals surface area (Å²) in [5.41, 5.74) is 2.78. The minimum atomic E-state index is -0.629. The van der Waals surface area contributed by atoms with Crippen LogP contribution in [0.1, 0.15) is 69.4 Å². The highest BCUT2D eigenvalue weighted by molar-refractivity contribution is 8.12. The van der Waals surface area contributed by atoms with Crippen LogP contribution >= 0.6 is 20.1 Å².